The zero-order valence-electron chi connectivity index (χ0n) is 11.0. The van der Waals surface area contributed by atoms with E-state index in [2.05, 4.69) is 5.10 Å². The number of anilines is 1. The molecule has 6 nitrogen and oxygen atoms in total. The number of aliphatic carboxylic acids is 1. The SMILES string of the molecule is CCN(CC)c1cnn(CC(C)C(=O)O)c(=O)c1. The Balaban J connectivity index is 2.93. The Morgan fingerprint density at radius 3 is 2.56 bits per heavy atom. The number of aromatic nitrogens is 2. The van der Waals surface area contributed by atoms with E-state index in [-0.39, 0.29) is 12.1 Å². The van der Waals surface area contributed by atoms with E-state index >= 15 is 0 Å². The fourth-order valence-electron chi connectivity index (χ4n) is 1.66. The van der Waals surface area contributed by atoms with Gasteiger partial charge in [0.25, 0.3) is 5.56 Å². The molecule has 1 heterocycles. The van der Waals surface area contributed by atoms with Crippen molar-refractivity contribution in [1.82, 2.24) is 9.78 Å². The first-order valence-electron chi connectivity index (χ1n) is 6.04. The van der Waals surface area contributed by atoms with Gasteiger partial charge < -0.3 is 10.0 Å². The fourth-order valence-corrected chi connectivity index (χ4v) is 1.66. The predicted octanol–water partition coefficient (Wildman–Crippen LogP) is 0.810. The van der Waals surface area contributed by atoms with Gasteiger partial charge in [0.15, 0.2) is 0 Å². The third-order valence-electron chi connectivity index (χ3n) is 2.85. The summed E-state index contributed by atoms with van der Waals surface area (Å²) in [5.74, 6) is -1.56. The van der Waals surface area contributed by atoms with Crippen LogP contribution in [-0.4, -0.2) is 33.9 Å². The molecule has 1 unspecified atom stereocenters. The van der Waals surface area contributed by atoms with Gasteiger partial charge in [-0.15, -0.1) is 0 Å². The van der Waals surface area contributed by atoms with Gasteiger partial charge in [0.1, 0.15) is 0 Å². The van der Waals surface area contributed by atoms with E-state index in [9.17, 15) is 9.59 Å². The number of hydrogen-bond donors (Lipinski definition) is 1. The molecule has 1 aromatic heterocycles. The van der Waals surface area contributed by atoms with Crippen molar-refractivity contribution in [2.75, 3.05) is 18.0 Å². The summed E-state index contributed by atoms with van der Waals surface area (Å²) in [5, 5.41) is 12.8. The quantitative estimate of drug-likeness (QED) is 0.812. The number of rotatable bonds is 6. The molecule has 1 aromatic rings. The molecular weight excluding hydrogens is 234 g/mol. The van der Waals surface area contributed by atoms with E-state index in [1.165, 1.54) is 10.7 Å². The van der Waals surface area contributed by atoms with Gasteiger partial charge in [-0.1, -0.05) is 6.92 Å². The molecule has 0 aromatic carbocycles. The van der Waals surface area contributed by atoms with Crippen LogP contribution < -0.4 is 10.5 Å². The second kappa shape index (κ2) is 6.18. The van der Waals surface area contributed by atoms with Crippen molar-refractivity contribution in [3.63, 3.8) is 0 Å². The molecule has 100 valence electrons. The summed E-state index contributed by atoms with van der Waals surface area (Å²) in [6, 6.07) is 1.49. The first-order valence-corrected chi connectivity index (χ1v) is 6.04. The van der Waals surface area contributed by atoms with Gasteiger partial charge in [0, 0.05) is 19.2 Å². The van der Waals surface area contributed by atoms with Gasteiger partial charge in [-0.2, -0.15) is 5.10 Å². The summed E-state index contributed by atoms with van der Waals surface area (Å²) in [7, 11) is 0. The van der Waals surface area contributed by atoms with Crippen molar-refractivity contribution in [3.8, 4) is 0 Å². The Labute approximate surface area is 106 Å². The summed E-state index contributed by atoms with van der Waals surface area (Å²) < 4.78 is 1.19. The molecule has 18 heavy (non-hydrogen) atoms. The third-order valence-corrected chi connectivity index (χ3v) is 2.85. The lowest BCUT2D eigenvalue weighted by Crippen LogP contribution is -2.30. The van der Waals surface area contributed by atoms with Gasteiger partial charge in [0.05, 0.1) is 24.3 Å². The molecule has 0 aliphatic carbocycles. The van der Waals surface area contributed by atoms with Crippen LogP contribution in [0.1, 0.15) is 20.8 Å². The van der Waals surface area contributed by atoms with Gasteiger partial charge in [-0.3, -0.25) is 9.59 Å². The van der Waals surface area contributed by atoms with Crippen molar-refractivity contribution in [2.24, 2.45) is 5.92 Å². The van der Waals surface area contributed by atoms with E-state index in [4.69, 9.17) is 5.11 Å². The lowest BCUT2D eigenvalue weighted by atomic mass is 10.2. The average molecular weight is 253 g/mol. The predicted molar refractivity (Wildman–Crippen MR) is 68.9 cm³/mol. The molecule has 0 spiro atoms. The molecule has 1 N–H and O–H groups in total. The molecule has 6 heteroatoms. The highest BCUT2D eigenvalue weighted by Gasteiger charge is 2.13. The van der Waals surface area contributed by atoms with Crippen molar-refractivity contribution in [1.29, 1.82) is 0 Å². The maximum atomic E-state index is 11.8. The number of nitrogens with zero attached hydrogens (tertiary/aromatic N) is 3. The van der Waals surface area contributed by atoms with Crippen LogP contribution in [0.3, 0.4) is 0 Å². The summed E-state index contributed by atoms with van der Waals surface area (Å²) >= 11 is 0. The summed E-state index contributed by atoms with van der Waals surface area (Å²) in [6.07, 6.45) is 1.60. The van der Waals surface area contributed by atoms with E-state index < -0.39 is 11.9 Å². The van der Waals surface area contributed by atoms with E-state index in [0.717, 1.165) is 18.8 Å². The molecule has 0 aliphatic rings. The first kappa shape index (κ1) is 14.2. The van der Waals surface area contributed by atoms with Gasteiger partial charge in [-0.25, -0.2) is 4.68 Å². The van der Waals surface area contributed by atoms with Crippen molar-refractivity contribution in [2.45, 2.75) is 27.3 Å². The lowest BCUT2D eigenvalue weighted by Gasteiger charge is -2.20. The monoisotopic (exact) mass is 253 g/mol. The second-order valence-electron chi connectivity index (χ2n) is 4.15. The van der Waals surface area contributed by atoms with E-state index in [1.54, 1.807) is 13.1 Å². The average Bonchev–Trinajstić information content (AvgIpc) is 2.33. The number of carboxylic acids is 1. The normalized spacial score (nSPS) is 12.2. The van der Waals surface area contributed by atoms with Crippen LogP contribution in [0.25, 0.3) is 0 Å². The Morgan fingerprint density at radius 2 is 2.11 bits per heavy atom. The largest absolute Gasteiger partial charge is 0.481 e. The smallest absolute Gasteiger partial charge is 0.308 e. The minimum absolute atomic E-state index is 0.0900. The van der Waals surface area contributed by atoms with Crippen LogP contribution in [-0.2, 0) is 11.3 Å². The molecule has 0 bridgehead atoms. The Hall–Kier alpha value is -1.85. The highest BCUT2D eigenvalue weighted by atomic mass is 16.4. The lowest BCUT2D eigenvalue weighted by molar-refractivity contribution is -0.141. The van der Waals surface area contributed by atoms with Crippen LogP contribution in [0.5, 0.6) is 0 Å². The molecule has 0 aliphatic heterocycles. The topological polar surface area (TPSA) is 75.4 Å². The Morgan fingerprint density at radius 1 is 1.50 bits per heavy atom. The minimum atomic E-state index is -0.934. The highest BCUT2D eigenvalue weighted by Crippen LogP contribution is 2.08. The summed E-state index contributed by atoms with van der Waals surface area (Å²) in [6.45, 7) is 7.24. The molecule has 0 amide bonds. The van der Waals surface area contributed by atoms with Gasteiger partial charge in [0.2, 0.25) is 0 Å². The van der Waals surface area contributed by atoms with Crippen LogP contribution in [0.4, 0.5) is 5.69 Å². The standard InChI is InChI=1S/C12H19N3O3/c1-4-14(5-2)10-6-11(16)15(13-7-10)8-9(3)12(17)18/h6-7,9H,4-5,8H2,1-3H3,(H,17,18). The Bertz CT molecular complexity index is 466. The maximum Gasteiger partial charge on any atom is 0.308 e. The van der Waals surface area contributed by atoms with E-state index in [0.29, 0.717) is 0 Å². The number of carboxylic acid groups (broad SMARTS) is 1. The minimum Gasteiger partial charge on any atom is -0.481 e. The molecule has 0 saturated carbocycles. The summed E-state index contributed by atoms with van der Waals surface area (Å²) in [5.41, 5.74) is 0.497. The van der Waals surface area contributed by atoms with Crippen molar-refractivity contribution in [3.05, 3.63) is 22.6 Å². The summed E-state index contributed by atoms with van der Waals surface area (Å²) in [4.78, 5) is 24.6. The number of carbonyl (C=O) groups is 1. The van der Waals surface area contributed by atoms with Crippen LogP contribution in [0.15, 0.2) is 17.1 Å². The molecule has 0 saturated heterocycles. The van der Waals surface area contributed by atoms with Crippen molar-refractivity contribution >= 4 is 11.7 Å². The second-order valence-corrected chi connectivity index (χ2v) is 4.15. The van der Waals surface area contributed by atoms with Crippen LogP contribution in [0, 0.1) is 5.92 Å². The van der Waals surface area contributed by atoms with Crippen molar-refractivity contribution < 1.29 is 9.90 Å². The molecule has 1 atom stereocenters. The van der Waals surface area contributed by atoms with Crippen LogP contribution in [0.2, 0.25) is 0 Å². The molecule has 0 fully saturated rings. The number of hydrogen-bond acceptors (Lipinski definition) is 4. The Kier molecular flexibility index (Phi) is 4.88. The van der Waals surface area contributed by atoms with Gasteiger partial charge in [-0.05, 0) is 13.8 Å². The zero-order chi connectivity index (χ0) is 13.7. The third kappa shape index (κ3) is 3.32. The first-order chi connectivity index (χ1) is 8.49. The highest BCUT2D eigenvalue weighted by molar-refractivity contribution is 5.69. The molecular formula is C12H19N3O3. The molecule has 0 radical (unpaired) electrons. The van der Waals surface area contributed by atoms with Gasteiger partial charge >= 0.3 is 5.97 Å². The van der Waals surface area contributed by atoms with Crippen LogP contribution >= 0.6 is 0 Å². The zero-order valence-corrected chi connectivity index (χ0v) is 11.0. The molecule has 1 rings (SSSR count). The maximum absolute atomic E-state index is 11.8. The fraction of sp³-hybridized carbons (Fsp3) is 0.583. The van der Waals surface area contributed by atoms with E-state index in [1.807, 2.05) is 18.7 Å².